The van der Waals surface area contributed by atoms with Crippen LogP contribution >= 0.6 is 0 Å². The van der Waals surface area contributed by atoms with E-state index in [9.17, 15) is 4.21 Å². The van der Waals surface area contributed by atoms with Gasteiger partial charge in [-0.25, -0.2) is 0 Å². The first-order valence-electron chi connectivity index (χ1n) is 5.29. The van der Waals surface area contributed by atoms with Gasteiger partial charge >= 0.3 is 0 Å². The third kappa shape index (κ3) is 8.44. The van der Waals surface area contributed by atoms with Gasteiger partial charge in [0.15, 0.2) is 0 Å². The lowest BCUT2D eigenvalue weighted by Gasteiger charge is -2.11. The minimum atomic E-state index is -0.566. The molecule has 0 saturated carbocycles. The van der Waals surface area contributed by atoms with Gasteiger partial charge in [0.1, 0.15) is 0 Å². The molecule has 0 fully saturated rings. The van der Waals surface area contributed by atoms with Gasteiger partial charge in [0.25, 0.3) is 0 Å². The van der Waals surface area contributed by atoms with Crippen LogP contribution in [0.15, 0.2) is 0 Å². The van der Waals surface area contributed by atoms with Crippen LogP contribution in [0.1, 0.15) is 40.0 Å². The van der Waals surface area contributed by atoms with Gasteiger partial charge in [-0.1, -0.05) is 20.3 Å². The summed E-state index contributed by atoms with van der Waals surface area (Å²) in [7, 11) is -0.566. The van der Waals surface area contributed by atoms with Crippen LogP contribution in [-0.4, -0.2) is 28.3 Å². The maximum atomic E-state index is 11.1. The number of rotatable bonds is 8. The van der Waals surface area contributed by atoms with Crippen molar-refractivity contribution in [3.8, 4) is 0 Å². The molecule has 0 bridgehead atoms. The van der Waals surface area contributed by atoms with Crippen LogP contribution in [0.4, 0.5) is 0 Å². The minimum absolute atomic E-state index is 0.566. The SMILES string of the molecule is CCNC(C)CCCCS(=O)CC. The zero-order valence-corrected chi connectivity index (χ0v) is 9.95. The van der Waals surface area contributed by atoms with Gasteiger partial charge in [0, 0.05) is 28.3 Å². The summed E-state index contributed by atoms with van der Waals surface area (Å²) in [6, 6.07) is 0.611. The van der Waals surface area contributed by atoms with E-state index in [-0.39, 0.29) is 0 Å². The Hall–Kier alpha value is 0.110. The molecule has 1 N–H and O–H groups in total. The molecule has 0 heterocycles. The fourth-order valence-corrected chi connectivity index (χ4v) is 2.12. The molecule has 0 aromatic heterocycles. The minimum Gasteiger partial charge on any atom is -0.315 e. The van der Waals surface area contributed by atoms with Crippen molar-refractivity contribution >= 4 is 10.8 Å². The lowest BCUT2D eigenvalue weighted by molar-refractivity contribution is 0.509. The molecule has 0 saturated heterocycles. The Morgan fingerprint density at radius 3 is 2.54 bits per heavy atom. The van der Waals surface area contributed by atoms with Crippen LogP contribution in [0.3, 0.4) is 0 Å². The summed E-state index contributed by atoms with van der Waals surface area (Å²) in [6.07, 6.45) is 3.50. The first-order chi connectivity index (χ1) is 6.20. The molecular formula is C10H23NOS. The van der Waals surface area contributed by atoms with Crippen LogP contribution in [0, 0.1) is 0 Å². The second-order valence-electron chi connectivity index (χ2n) is 3.39. The van der Waals surface area contributed by atoms with Crippen molar-refractivity contribution in [2.75, 3.05) is 18.1 Å². The largest absolute Gasteiger partial charge is 0.315 e. The molecular weight excluding hydrogens is 182 g/mol. The van der Waals surface area contributed by atoms with Crippen LogP contribution < -0.4 is 5.32 Å². The number of hydrogen-bond donors (Lipinski definition) is 1. The molecule has 0 spiro atoms. The summed E-state index contributed by atoms with van der Waals surface area (Å²) >= 11 is 0. The average molecular weight is 205 g/mol. The molecule has 0 aromatic carbocycles. The van der Waals surface area contributed by atoms with Crippen molar-refractivity contribution in [3.05, 3.63) is 0 Å². The normalized spacial score (nSPS) is 15.6. The van der Waals surface area contributed by atoms with E-state index in [1.54, 1.807) is 0 Å². The number of unbranched alkanes of at least 4 members (excludes halogenated alkanes) is 1. The molecule has 3 heteroatoms. The van der Waals surface area contributed by atoms with Gasteiger partial charge in [-0.3, -0.25) is 4.21 Å². The van der Waals surface area contributed by atoms with Crippen molar-refractivity contribution in [1.29, 1.82) is 0 Å². The fraction of sp³-hybridized carbons (Fsp3) is 1.00. The van der Waals surface area contributed by atoms with Gasteiger partial charge < -0.3 is 5.32 Å². The molecule has 80 valence electrons. The monoisotopic (exact) mass is 205 g/mol. The average Bonchev–Trinajstić information content (AvgIpc) is 2.12. The van der Waals surface area contributed by atoms with Gasteiger partial charge in [0.05, 0.1) is 0 Å². The number of nitrogens with one attached hydrogen (secondary N) is 1. The first-order valence-corrected chi connectivity index (χ1v) is 6.77. The van der Waals surface area contributed by atoms with Crippen molar-refractivity contribution in [1.82, 2.24) is 5.32 Å². The van der Waals surface area contributed by atoms with Crippen LogP contribution in [0.5, 0.6) is 0 Å². The Bertz CT molecular complexity index is 139. The molecule has 2 unspecified atom stereocenters. The highest BCUT2D eigenvalue weighted by molar-refractivity contribution is 7.84. The summed E-state index contributed by atoms with van der Waals surface area (Å²) in [4.78, 5) is 0. The molecule has 0 aliphatic heterocycles. The van der Waals surface area contributed by atoms with E-state index in [1.165, 1.54) is 12.8 Å². The van der Waals surface area contributed by atoms with Gasteiger partial charge in [-0.2, -0.15) is 0 Å². The van der Waals surface area contributed by atoms with Gasteiger partial charge in [-0.05, 0) is 26.3 Å². The van der Waals surface area contributed by atoms with E-state index in [4.69, 9.17) is 0 Å². The lowest BCUT2D eigenvalue weighted by atomic mass is 10.1. The molecule has 0 rings (SSSR count). The zero-order chi connectivity index (χ0) is 10.1. The molecule has 0 radical (unpaired) electrons. The van der Waals surface area contributed by atoms with E-state index >= 15 is 0 Å². The zero-order valence-electron chi connectivity index (χ0n) is 9.14. The second kappa shape index (κ2) is 8.70. The predicted octanol–water partition coefficient (Wildman–Crippen LogP) is 1.92. The Morgan fingerprint density at radius 2 is 2.00 bits per heavy atom. The third-order valence-corrected chi connectivity index (χ3v) is 3.52. The molecule has 2 atom stereocenters. The molecule has 2 nitrogen and oxygen atoms in total. The maximum absolute atomic E-state index is 11.1. The summed E-state index contributed by atoms with van der Waals surface area (Å²) in [5.41, 5.74) is 0. The van der Waals surface area contributed by atoms with Gasteiger partial charge in [-0.15, -0.1) is 0 Å². The molecule has 13 heavy (non-hydrogen) atoms. The predicted molar refractivity (Wildman–Crippen MR) is 60.5 cm³/mol. The maximum Gasteiger partial charge on any atom is 0.0234 e. The molecule has 0 aliphatic carbocycles. The Morgan fingerprint density at radius 1 is 1.31 bits per heavy atom. The van der Waals surface area contributed by atoms with Crippen LogP contribution in [0.25, 0.3) is 0 Å². The number of hydrogen-bond acceptors (Lipinski definition) is 2. The highest BCUT2D eigenvalue weighted by atomic mass is 32.2. The topological polar surface area (TPSA) is 29.1 Å². The Kier molecular flexibility index (Phi) is 8.77. The van der Waals surface area contributed by atoms with Gasteiger partial charge in [0.2, 0.25) is 0 Å². The lowest BCUT2D eigenvalue weighted by Crippen LogP contribution is -2.25. The van der Waals surface area contributed by atoms with Crippen molar-refractivity contribution in [2.24, 2.45) is 0 Å². The van der Waals surface area contributed by atoms with Crippen LogP contribution in [0.2, 0.25) is 0 Å². The molecule has 0 amide bonds. The standard InChI is InChI=1S/C10H23NOS/c1-4-11-10(3)8-6-7-9-13(12)5-2/h10-11H,4-9H2,1-3H3. The van der Waals surface area contributed by atoms with Crippen molar-refractivity contribution in [3.63, 3.8) is 0 Å². The molecule has 0 aliphatic rings. The quantitative estimate of drug-likeness (QED) is 0.613. The van der Waals surface area contributed by atoms with E-state index in [0.29, 0.717) is 6.04 Å². The summed E-state index contributed by atoms with van der Waals surface area (Å²) < 4.78 is 11.1. The molecule has 0 aromatic rings. The van der Waals surface area contributed by atoms with E-state index in [1.807, 2.05) is 6.92 Å². The fourth-order valence-electron chi connectivity index (χ4n) is 1.31. The first kappa shape index (κ1) is 13.1. The summed E-state index contributed by atoms with van der Waals surface area (Å²) in [5.74, 6) is 1.69. The summed E-state index contributed by atoms with van der Waals surface area (Å²) in [6.45, 7) is 7.36. The van der Waals surface area contributed by atoms with Crippen molar-refractivity contribution in [2.45, 2.75) is 46.1 Å². The van der Waals surface area contributed by atoms with E-state index < -0.39 is 10.8 Å². The van der Waals surface area contributed by atoms with E-state index in [2.05, 4.69) is 19.2 Å². The summed E-state index contributed by atoms with van der Waals surface area (Å²) in [5, 5.41) is 3.37. The smallest absolute Gasteiger partial charge is 0.0234 e. The Balaban J connectivity index is 3.20. The van der Waals surface area contributed by atoms with Crippen LogP contribution in [-0.2, 0) is 10.8 Å². The third-order valence-electron chi connectivity index (χ3n) is 2.13. The van der Waals surface area contributed by atoms with Crippen molar-refractivity contribution < 1.29 is 4.21 Å². The highest BCUT2D eigenvalue weighted by Gasteiger charge is 2.00. The van der Waals surface area contributed by atoms with E-state index in [0.717, 1.165) is 24.5 Å². The second-order valence-corrected chi connectivity index (χ2v) is 5.25. The highest BCUT2D eigenvalue weighted by Crippen LogP contribution is 2.01. The Labute approximate surface area is 84.9 Å².